The number of carbonyl (C=O) groups is 1. The molecular weight excluding hydrogens is 226 g/mol. The molecule has 0 bridgehead atoms. The number of fused-ring (bicyclic) bond motifs is 1. The number of amides is 1. The third-order valence-electron chi connectivity index (χ3n) is 4.19. The van der Waals surface area contributed by atoms with Crippen LogP contribution >= 0.6 is 11.6 Å². The van der Waals surface area contributed by atoms with Crippen molar-refractivity contribution in [2.45, 2.75) is 25.7 Å². The molecule has 0 N–H and O–H groups in total. The van der Waals surface area contributed by atoms with Gasteiger partial charge in [0.2, 0.25) is 5.91 Å². The maximum atomic E-state index is 11.7. The zero-order valence-corrected chi connectivity index (χ0v) is 10.6. The molecule has 2 rings (SSSR count). The quantitative estimate of drug-likeness (QED) is 0.711. The maximum Gasteiger partial charge on any atom is 0.237 e. The smallest absolute Gasteiger partial charge is 0.237 e. The number of ether oxygens (including phenoxy) is 1. The van der Waals surface area contributed by atoms with Gasteiger partial charge in [0.1, 0.15) is 5.88 Å². The largest absolute Gasteiger partial charge is 0.384 e. The average molecular weight is 246 g/mol. The number of nitrogens with zero attached hydrogens (tertiary/aromatic N) is 1. The summed E-state index contributed by atoms with van der Waals surface area (Å²) in [4.78, 5) is 13.6. The van der Waals surface area contributed by atoms with Crippen molar-refractivity contribution >= 4 is 17.5 Å². The highest BCUT2D eigenvalue weighted by molar-refractivity contribution is 6.27. The van der Waals surface area contributed by atoms with E-state index in [-0.39, 0.29) is 17.2 Å². The Balaban J connectivity index is 2.10. The Hall–Kier alpha value is -0.280. The van der Waals surface area contributed by atoms with Crippen molar-refractivity contribution in [2.24, 2.45) is 11.3 Å². The Bertz CT molecular complexity index is 268. The Morgan fingerprint density at radius 2 is 2.38 bits per heavy atom. The molecule has 0 aromatic carbocycles. The first-order valence-corrected chi connectivity index (χ1v) is 6.58. The molecule has 0 aromatic heterocycles. The van der Waals surface area contributed by atoms with Crippen LogP contribution in [0.3, 0.4) is 0 Å². The van der Waals surface area contributed by atoms with Crippen LogP contribution in [0.2, 0.25) is 0 Å². The molecule has 92 valence electrons. The lowest BCUT2D eigenvalue weighted by Crippen LogP contribution is -2.38. The Kier molecular flexibility index (Phi) is 3.75. The highest BCUT2D eigenvalue weighted by Gasteiger charge is 2.48. The highest BCUT2D eigenvalue weighted by Crippen LogP contribution is 2.46. The summed E-state index contributed by atoms with van der Waals surface area (Å²) in [5, 5.41) is 0. The number of hydrogen-bond donors (Lipinski definition) is 0. The molecule has 1 amide bonds. The third kappa shape index (κ3) is 2.07. The van der Waals surface area contributed by atoms with Gasteiger partial charge < -0.3 is 9.64 Å². The summed E-state index contributed by atoms with van der Waals surface area (Å²) in [6.07, 6.45) is 4.98. The number of hydrogen-bond acceptors (Lipinski definition) is 2. The minimum Gasteiger partial charge on any atom is -0.384 e. The van der Waals surface area contributed by atoms with Gasteiger partial charge >= 0.3 is 0 Å². The minimum atomic E-state index is 0.0755. The Morgan fingerprint density at radius 3 is 3.06 bits per heavy atom. The maximum absolute atomic E-state index is 11.7. The third-order valence-corrected chi connectivity index (χ3v) is 4.42. The summed E-state index contributed by atoms with van der Waals surface area (Å²) in [6, 6.07) is 0. The molecule has 4 heteroatoms. The van der Waals surface area contributed by atoms with Crippen LogP contribution in [0, 0.1) is 11.3 Å². The van der Waals surface area contributed by atoms with E-state index in [2.05, 4.69) is 0 Å². The topological polar surface area (TPSA) is 29.5 Å². The van der Waals surface area contributed by atoms with E-state index in [1.807, 2.05) is 4.90 Å². The fourth-order valence-electron chi connectivity index (χ4n) is 3.38. The molecule has 1 saturated carbocycles. The molecule has 2 fully saturated rings. The number of alkyl halides is 1. The lowest BCUT2D eigenvalue weighted by Gasteiger charge is -2.37. The normalized spacial score (nSPS) is 33.9. The lowest BCUT2D eigenvalue weighted by atomic mass is 9.69. The summed E-state index contributed by atoms with van der Waals surface area (Å²) >= 11 is 5.63. The van der Waals surface area contributed by atoms with Gasteiger partial charge in [-0.1, -0.05) is 12.8 Å². The van der Waals surface area contributed by atoms with E-state index in [9.17, 15) is 4.79 Å². The second-order valence-corrected chi connectivity index (χ2v) is 5.41. The summed E-state index contributed by atoms with van der Waals surface area (Å²) in [5.41, 5.74) is 0.217. The van der Waals surface area contributed by atoms with Gasteiger partial charge in [0.05, 0.1) is 6.61 Å². The van der Waals surface area contributed by atoms with Gasteiger partial charge in [-0.3, -0.25) is 4.79 Å². The first-order valence-electron chi connectivity index (χ1n) is 6.04. The van der Waals surface area contributed by atoms with Gasteiger partial charge in [-0.05, 0) is 18.8 Å². The molecule has 2 atom stereocenters. The van der Waals surface area contributed by atoms with Gasteiger partial charge in [0.25, 0.3) is 0 Å². The highest BCUT2D eigenvalue weighted by atomic mass is 35.5. The van der Waals surface area contributed by atoms with Crippen LogP contribution in [0.5, 0.6) is 0 Å². The fourth-order valence-corrected chi connectivity index (χ4v) is 3.55. The SMILES string of the molecule is COC[C@@]12CCCC[C@H]1CN(C(=O)CCl)C2. The van der Waals surface area contributed by atoms with E-state index in [0.29, 0.717) is 5.92 Å². The van der Waals surface area contributed by atoms with Crippen LogP contribution in [0.4, 0.5) is 0 Å². The van der Waals surface area contributed by atoms with Gasteiger partial charge in [-0.15, -0.1) is 11.6 Å². The molecule has 2 aliphatic rings. The molecule has 3 nitrogen and oxygen atoms in total. The van der Waals surface area contributed by atoms with Crippen LogP contribution in [-0.2, 0) is 9.53 Å². The second kappa shape index (κ2) is 4.92. The predicted octanol–water partition coefficient (Wildman–Crippen LogP) is 1.89. The standard InChI is InChI=1S/C12H20ClNO2/c1-16-9-12-5-3-2-4-10(12)7-14(8-12)11(15)6-13/h10H,2-9H2,1H3/t10-,12-/m0/s1. The van der Waals surface area contributed by atoms with E-state index in [4.69, 9.17) is 16.3 Å². The summed E-state index contributed by atoms with van der Waals surface area (Å²) < 4.78 is 5.38. The number of halogens is 1. The van der Waals surface area contributed by atoms with E-state index < -0.39 is 0 Å². The number of methoxy groups -OCH3 is 1. The molecule has 1 aliphatic carbocycles. The number of likely N-dealkylation sites (tertiary alicyclic amines) is 1. The fraction of sp³-hybridized carbons (Fsp3) is 0.917. The molecule has 16 heavy (non-hydrogen) atoms. The number of carbonyl (C=O) groups excluding carboxylic acids is 1. The Morgan fingerprint density at radius 1 is 1.56 bits per heavy atom. The first kappa shape index (κ1) is 12.2. The first-order chi connectivity index (χ1) is 7.72. The summed E-state index contributed by atoms with van der Waals surface area (Å²) in [5.74, 6) is 0.801. The van der Waals surface area contributed by atoms with Crippen LogP contribution in [0.15, 0.2) is 0 Å². The molecular formula is C12H20ClNO2. The molecule has 1 heterocycles. The molecule has 0 spiro atoms. The van der Waals surface area contributed by atoms with Crippen LogP contribution in [0.25, 0.3) is 0 Å². The molecule has 1 aliphatic heterocycles. The van der Waals surface area contributed by atoms with Crippen LogP contribution in [0.1, 0.15) is 25.7 Å². The molecule has 0 radical (unpaired) electrons. The minimum absolute atomic E-state index is 0.0755. The van der Waals surface area contributed by atoms with Gasteiger partial charge in [-0.2, -0.15) is 0 Å². The zero-order chi connectivity index (χ0) is 11.6. The molecule has 0 aromatic rings. The monoisotopic (exact) mass is 245 g/mol. The lowest BCUT2D eigenvalue weighted by molar-refractivity contribution is -0.128. The van der Waals surface area contributed by atoms with Crippen molar-refractivity contribution in [3.8, 4) is 0 Å². The van der Waals surface area contributed by atoms with Crippen molar-refractivity contribution in [1.29, 1.82) is 0 Å². The predicted molar refractivity (Wildman–Crippen MR) is 63.6 cm³/mol. The number of rotatable bonds is 3. The van der Waals surface area contributed by atoms with Crippen molar-refractivity contribution < 1.29 is 9.53 Å². The van der Waals surface area contributed by atoms with Crippen LogP contribution in [-0.4, -0.2) is 43.5 Å². The summed E-state index contributed by atoms with van der Waals surface area (Å²) in [6.45, 7) is 2.51. The van der Waals surface area contributed by atoms with E-state index in [0.717, 1.165) is 19.7 Å². The Labute approximate surface area is 102 Å². The van der Waals surface area contributed by atoms with Gasteiger partial charge in [-0.25, -0.2) is 0 Å². The van der Waals surface area contributed by atoms with E-state index in [1.54, 1.807) is 7.11 Å². The molecule has 0 unspecified atom stereocenters. The van der Waals surface area contributed by atoms with E-state index >= 15 is 0 Å². The van der Waals surface area contributed by atoms with Crippen molar-refractivity contribution in [1.82, 2.24) is 4.90 Å². The summed E-state index contributed by atoms with van der Waals surface area (Å²) in [7, 11) is 1.76. The van der Waals surface area contributed by atoms with Crippen LogP contribution < -0.4 is 0 Å². The zero-order valence-electron chi connectivity index (χ0n) is 9.88. The second-order valence-electron chi connectivity index (χ2n) is 5.15. The van der Waals surface area contributed by atoms with Gasteiger partial charge in [0, 0.05) is 25.6 Å². The molecule has 1 saturated heterocycles. The van der Waals surface area contributed by atoms with Crippen molar-refractivity contribution in [3.05, 3.63) is 0 Å². The van der Waals surface area contributed by atoms with E-state index in [1.165, 1.54) is 25.7 Å². The van der Waals surface area contributed by atoms with Crippen molar-refractivity contribution in [2.75, 3.05) is 32.7 Å². The van der Waals surface area contributed by atoms with Crippen molar-refractivity contribution in [3.63, 3.8) is 0 Å². The van der Waals surface area contributed by atoms with Gasteiger partial charge in [0.15, 0.2) is 0 Å². The average Bonchev–Trinajstić information content (AvgIpc) is 2.67.